The van der Waals surface area contributed by atoms with E-state index in [0.29, 0.717) is 5.69 Å². The van der Waals surface area contributed by atoms with Crippen LogP contribution in [0.25, 0.3) is 33.3 Å². The minimum atomic E-state index is -0.297. The highest BCUT2D eigenvalue weighted by Crippen LogP contribution is 2.37. The first kappa shape index (κ1) is 19.2. The summed E-state index contributed by atoms with van der Waals surface area (Å²) in [5, 5.41) is 20.2. The molecule has 0 radical (unpaired) electrons. The number of carbonyl (C=O) groups excluding carboxylic acids is 1. The second-order valence-electron chi connectivity index (χ2n) is 8.18. The van der Waals surface area contributed by atoms with Gasteiger partial charge in [0, 0.05) is 54.1 Å². The Bertz CT molecular complexity index is 1240. The SMILES string of the molecule is CC(C)Nc1c(-c2cn(C3CCN(C)C3=O)nn2)cnc2c(-c3cn[nH]c3)cccc12. The predicted octanol–water partition coefficient (Wildman–Crippen LogP) is 3.11. The normalized spacial score (nSPS) is 16.6. The number of benzene rings is 1. The number of rotatable bonds is 5. The number of H-pyrrole nitrogens is 1. The molecule has 1 fully saturated rings. The molecule has 2 N–H and O–H groups in total. The second kappa shape index (κ2) is 7.50. The van der Waals surface area contributed by atoms with Gasteiger partial charge in [0.2, 0.25) is 5.91 Å². The lowest BCUT2D eigenvalue weighted by Gasteiger charge is -2.17. The molecule has 3 aromatic heterocycles. The molecule has 158 valence electrons. The summed E-state index contributed by atoms with van der Waals surface area (Å²) in [5.41, 5.74) is 5.37. The molecule has 1 atom stereocenters. The Morgan fingerprint density at radius 1 is 1.23 bits per heavy atom. The Kier molecular flexibility index (Phi) is 4.65. The van der Waals surface area contributed by atoms with E-state index >= 15 is 0 Å². The zero-order valence-corrected chi connectivity index (χ0v) is 17.7. The van der Waals surface area contributed by atoms with Crippen molar-refractivity contribution in [2.75, 3.05) is 18.9 Å². The molecule has 1 aliphatic rings. The molecule has 9 heteroatoms. The summed E-state index contributed by atoms with van der Waals surface area (Å²) >= 11 is 0. The molecule has 0 spiro atoms. The highest BCUT2D eigenvalue weighted by atomic mass is 16.2. The third kappa shape index (κ3) is 3.31. The van der Waals surface area contributed by atoms with E-state index in [1.165, 1.54) is 0 Å². The highest BCUT2D eigenvalue weighted by molar-refractivity contribution is 6.04. The van der Waals surface area contributed by atoms with E-state index in [1.54, 1.807) is 15.8 Å². The first-order valence-electron chi connectivity index (χ1n) is 10.4. The minimum absolute atomic E-state index is 0.0679. The number of fused-ring (bicyclic) bond motifs is 1. The van der Waals surface area contributed by atoms with Gasteiger partial charge < -0.3 is 10.2 Å². The number of para-hydroxylation sites is 1. The number of amides is 1. The van der Waals surface area contributed by atoms with Crippen molar-refractivity contribution in [3.63, 3.8) is 0 Å². The van der Waals surface area contributed by atoms with Crippen LogP contribution >= 0.6 is 0 Å². The molecule has 1 amide bonds. The number of carbonyl (C=O) groups is 1. The molecule has 1 aliphatic heterocycles. The van der Waals surface area contributed by atoms with Gasteiger partial charge in [0.05, 0.1) is 23.6 Å². The Hall–Kier alpha value is -3.75. The zero-order chi connectivity index (χ0) is 21.5. The summed E-state index contributed by atoms with van der Waals surface area (Å²) in [7, 11) is 1.82. The molecule has 1 unspecified atom stereocenters. The number of hydrogen-bond donors (Lipinski definition) is 2. The number of pyridine rings is 1. The maximum absolute atomic E-state index is 12.4. The predicted molar refractivity (Wildman–Crippen MR) is 118 cm³/mol. The smallest absolute Gasteiger partial charge is 0.247 e. The van der Waals surface area contributed by atoms with Gasteiger partial charge in [-0.25, -0.2) is 4.68 Å². The van der Waals surface area contributed by atoms with Crippen LogP contribution in [-0.4, -0.2) is 60.6 Å². The van der Waals surface area contributed by atoms with Crippen LogP contribution < -0.4 is 5.32 Å². The Morgan fingerprint density at radius 3 is 2.81 bits per heavy atom. The maximum atomic E-state index is 12.4. The van der Waals surface area contributed by atoms with E-state index in [2.05, 4.69) is 45.7 Å². The van der Waals surface area contributed by atoms with E-state index in [0.717, 1.165) is 46.2 Å². The molecule has 0 saturated carbocycles. The molecule has 9 nitrogen and oxygen atoms in total. The van der Waals surface area contributed by atoms with Gasteiger partial charge in [-0.05, 0) is 20.3 Å². The first-order valence-corrected chi connectivity index (χ1v) is 10.4. The highest BCUT2D eigenvalue weighted by Gasteiger charge is 2.31. The largest absolute Gasteiger partial charge is 0.382 e. The minimum Gasteiger partial charge on any atom is -0.382 e. The summed E-state index contributed by atoms with van der Waals surface area (Å²) in [6, 6.07) is 6.03. The molecule has 0 aliphatic carbocycles. The van der Waals surface area contributed by atoms with Crippen LogP contribution in [-0.2, 0) is 4.79 Å². The lowest BCUT2D eigenvalue weighted by molar-refractivity contribution is -0.129. The van der Waals surface area contributed by atoms with Crippen LogP contribution in [0.2, 0.25) is 0 Å². The number of likely N-dealkylation sites (N-methyl/N-ethyl adjacent to an activating group) is 1. The average Bonchev–Trinajstić information content (AvgIpc) is 3.50. The number of nitrogens with zero attached hydrogens (tertiary/aromatic N) is 6. The van der Waals surface area contributed by atoms with Crippen LogP contribution in [0.1, 0.15) is 26.3 Å². The molecule has 1 saturated heterocycles. The maximum Gasteiger partial charge on any atom is 0.247 e. The monoisotopic (exact) mass is 416 g/mol. The van der Waals surface area contributed by atoms with Gasteiger partial charge in [0.1, 0.15) is 11.7 Å². The van der Waals surface area contributed by atoms with Gasteiger partial charge in [-0.2, -0.15) is 5.10 Å². The fraction of sp³-hybridized carbons (Fsp3) is 0.318. The number of likely N-dealkylation sites (tertiary alicyclic amines) is 1. The van der Waals surface area contributed by atoms with E-state index in [-0.39, 0.29) is 18.0 Å². The Balaban J connectivity index is 1.63. The van der Waals surface area contributed by atoms with Crippen LogP contribution in [0.4, 0.5) is 5.69 Å². The van der Waals surface area contributed by atoms with Gasteiger partial charge in [0.15, 0.2) is 0 Å². The zero-order valence-electron chi connectivity index (χ0n) is 17.7. The van der Waals surface area contributed by atoms with E-state index in [1.807, 2.05) is 37.8 Å². The van der Waals surface area contributed by atoms with E-state index in [4.69, 9.17) is 4.98 Å². The standard InChI is InChI=1S/C22H24N8O/c1-13(2)26-21-16-6-4-5-15(14-9-24-25-10-14)20(16)23-11-17(21)18-12-30(28-27-18)19-7-8-29(3)22(19)31/h4-6,9-13,19H,7-8H2,1-3H3,(H,23,26)(H,24,25). The molecule has 31 heavy (non-hydrogen) atoms. The molecule has 1 aromatic carbocycles. The van der Waals surface area contributed by atoms with Crippen molar-refractivity contribution in [3.8, 4) is 22.4 Å². The average molecular weight is 416 g/mol. The van der Waals surface area contributed by atoms with Crippen LogP contribution in [0, 0.1) is 0 Å². The number of aromatic nitrogens is 6. The second-order valence-corrected chi connectivity index (χ2v) is 8.18. The first-order chi connectivity index (χ1) is 15.0. The van der Waals surface area contributed by atoms with Crippen molar-refractivity contribution < 1.29 is 4.79 Å². The van der Waals surface area contributed by atoms with Crippen molar-refractivity contribution in [2.24, 2.45) is 0 Å². The van der Waals surface area contributed by atoms with Gasteiger partial charge in [0.25, 0.3) is 0 Å². The summed E-state index contributed by atoms with van der Waals surface area (Å²) in [6.07, 6.45) is 8.06. The van der Waals surface area contributed by atoms with Crippen molar-refractivity contribution >= 4 is 22.5 Å². The van der Waals surface area contributed by atoms with Crippen molar-refractivity contribution in [2.45, 2.75) is 32.4 Å². The molecule has 5 rings (SSSR count). The van der Waals surface area contributed by atoms with Crippen molar-refractivity contribution in [1.82, 2.24) is 35.1 Å². The molecular weight excluding hydrogens is 392 g/mol. The fourth-order valence-electron chi connectivity index (χ4n) is 4.09. The van der Waals surface area contributed by atoms with Gasteiger partial charge in [-0.3, -0.25) is 14.9 Å². The van der Waals surface area contributed by atoms with Crippen molar-refractivity contribution in [1.29, 1.82) is 0 Å². The summed E-state index contributed by atoms with van der Waals surface area (Å²) < 4.78 is 1.67. The number of hydrogen-bond acceptors (Lipinski definition) is 6. The third-order valence-electron chi connectivity index (χ3n) is 5.64. The summed E-state index contributed by atoms with van der Waals surface area (Å²) in [5.74, 6) is 0.0679. The molecule has 4 heterocycles. The van der Waals surface area contributed by atoms with Crippen molar-refractivity contribution in [3.05, 3.63) is 43.0 Å². The van der Waals surface area contributed by atoms with Gasteiger partial charge >= 0.3 is 0 Å². The molecule has 0 bridgehead atoms. The lowest BCUT2D eigenvalue weighted by Crippen LogP contribution is -2.24. The molecule has 4 aromatic rings. The third-order valence-corrected chi connectivity index (χ3v) is 5.64. The number of anilines is 1. The Morgan fingerprint density at radius 2 is 2.10 bits per heavy atom. The topological polar surface area (TPSA) is 105 Å². The fourth-order valence-corrected chi connectivity index (χ4v) is 4.09. The summed E-state index contributed by atoms with van der Waals surface area (Å²) in [4.78, 5) is 18.9. The molecular formula is C22H24N8O. The van der Waals surface area contributed by atoms with E-state index in [9.17, 15) is 4.79 Å². The van der Waals surface area contributed by atoms with E-state index < -0.39 is 0 Å². The van der Waals surface area contributed by atoms with Crippen LogP contribution in [0.15, 0.2) is 43.0 Å². The summed E-state index contributed by atoms with van der Waals surface area (Å²) in [6.45, 7) is 4.92. The number of nitrogens with one attached hydrogen (secondary N) is 2. The number of aromatic amines is 1. The lowest BCUT2D eigenvalue weighted by atomic mass is 10.0. The quantitative estimate of drug-likeness (QED) is 0.518. The van der Waals surface area contributed by atoms with Gasteiger partial charge in [-0.15, -0.1) is 5.10 Å². The Labute approximate surface area is 179 Å². The van der Waals surface area contributed by atoms with Gasteiger partial charge in [-0.1, -0.05) is 23.4 Å². The van der Waals surface area contributed by atoms with Crippen LogP contribution in [0.5, 0.6) is 0 Å². The van der Waals surface area contributed by atoms with Crippen LogP contribution in [0.3, 0.4) is 0 Å².